The summed E-state index contributed by atoms with van der Waals surface area (Å²) in [7, 11) is 0. The molecule has 0 bridgehead atoms. The molecule has 1 aromatic carbocycles. The van der Waals surface area contributed by atoms with E-state index in [1.54, 1.807) is 17.8 Å². The van der Waals surface area contributed by atoms with E-state index in [1.165, 1.54) is 0 Å². The van der Waals surface area contributed by atoms with Gasteiger partial charge in [0.05, 0.1) is 5.41 Å². The molecule has 80 valence electrons. The lowest BCUT2D eigenvalue weighted by atomic mass is 9.96. The zero-order valence-electron chi connectivity index (χ0n) is 8.29. The number of halogens is 1. The first-order chi connectivity index (χ1) is 7.08. The number of carbonyl (C=O) groups is 1. The quantitative estimate of drug-likeness (QED) is 0.828. The summed E-state index contributed by atoms with van der Waals surface area (Å²) < 4.78 is 0. The van der Waals surface area contributed by atoms with Gasteiger partial charge in [-0.25, -0.2) is 0 Å². The van der Waals surface area contributed by atoms with E-state index in [0.717, 1.165) is 23.3 Å². The molecule has 0 aliphatic heterocycles. The molecule has 0 heterocycles. The minimum Gasteiger partial charge on any atom is -0.481 e. The Labute approximate surface area is 97.6 Å². The standard InChI is InChI=1S/C11H11ClO2S/c1-15-9-5-7(4-8(12)6-9)11(2-3-11)10(13)14/h4-6H,2-3H2,1H3,(H,13,14). The maximum atomic E-state index is 11.1. The fraction of sp³-hybridized carbons (Fsp3) is 0.364. The molecule has 1 saturated carbocycles. The molecule has 0 spiro atoms. The van der Waals surface area contributed by atoms with Crippen molar-refractivity contribution >= 4 is 29.3 Å². The third kappa shape index (κ3) is 1.86. The van der Waals surface area contributed by atoms with Crippen LogP contribution in [0.4, 0.5) is 0 Å². The molecular weight excluding hydrogens is 232 g/mol. The van der Waals surface area contributed by atoms with Crippen LogP contribution in [0.5, 0.6) is 0 Å². The lowest BCUT2D eigenvalue weighted by Crippen LogP contribution is -2.19. The predicted octanol–water partition coefficient (Wildman–Crippen LogP) is 3.18. The lowest BCUT2D eigenvalue weighted by molar-refractivity contribution is -0.140. The zero-order valence-corrected chi connectivity index (χ0v) is 9.86. The molecule has 0 saturated heterocycles. The third-order valence-corrected chi connectivity index (χ3v) is 3.74. The molecule has 1 aromatic rings. The topological polar surface area (TPSA) is 37.3 Å². The van der Waals surface area contributed by atoms with Crippen LogP contribution in [0, 0.1) is 0 Å². The maximum Gasteiger partial charge on any atom is 0.314 e. The fourth-order valence-corrected chi connectivity index (χ4v) is 2.50. The van der Waals surface area contributed by atoms with E-state index in [9.17, 15) is 4.79 Å². The summed E-state index contributed by atoms with van der Waals surface area (Å²) in [6.07, 6.45) is 3.39. The van der Waals surface area contributed by atoms with Crippen molar-refractivity contribution < 1.29 is 9.90 Å². The molecule has 0 unspecified atom stereocenters. The van der Waals surface area contributed by atoms with Gasteiger partial charge in [-0.3, -0.25) is 4.79 Å². The van der Waals surface area contributed by atoms with Crippen molar-refractivity contribution in [3.63, 3.8) is 0 Å². The number of thioether (sulfide) groups is 1. The second kappa shape index (κ2) is 3.72. The molecule has 0 atom stereocenters. The molecule has 1 aliphatic rings. The molecule has 0 radical (unpaired) electrons. The highest BCUT2D eigenvalue weighted by Gasteiger charge is 2.51. The average molecular weight is 243 g/mol. The van der Waals surface area contributed by atoms with Gasteiger partial charge in [-0.2, -0.15) is 0 Å². The maximum absolute atomic E-state index is 11.1. The fourth-order valence-electron chi connectivity index (χ4n) is 1.71. The van der Waals surface area contributed by atoms with E-state index >= 15 is 0 Å². The third-order valence-electron chi connectivity index (χ3n) is 2.82. The van der Waals surface area contributed by atoms with Gasteiger partial charge in [-0.05, 0) is 42.9 Å². The van der Waals surface area contributed by atoms with Crippen molar-refractivity contribution in [2.75, 3.05) is 6.26 Å². The Balaban J connectivity index is 2.44. The van der Waals surface area contributed by atoms with Gasteiger partial charge in [0, 0.05) is 9.92 Å². The van der Waals surface area contributed by atoms with Gasteiger partial charge in [-0.15, -0.1) is 11.8 Å². The molecule has 2 rings (SSSR count). The van der Waals surface area contributed by atoms with Gasteiger partial charge in [0.15, 0.2) is 0 Å². The number of aliphatic carboxylic acids is 1. The van der Waals surface area contributed by atoms with E-state index in [-0.39, 0.29) is 0 Å². The van der Waals surface area contributed by atoms with Crippen molar-refractivity contribution in [1.82, 2.24) is 0 Å². The first kappa shape index (κ1) is 10.8. The van der Waals surface area contributed by atoms with Crippen LogP contribution >= 0.6 is 23.4 Å². The summed E-state index contributed by atoms with van der Waals surface area (Å²) in [6.45, 7) is 0. The Morgan fingerprint density at radius 3 is 2.60 bits per heavy atom. The normalized spacial score (nSPS) is 17.5. The average Bonchev–Trinajstić information content (AvgIpc) is 2.97. The van der Waals surface area contributed by atoms with E-state index < -0.39 is 11.4 Å². The summed E-state index contributed by atoms with van der Waals surface area (Å²) in [4.78, 5) is 12.2. The van der Waals surface area contributed by atoms with Crippen molar-refractivity contribution in [3.8, 4) is 0 Å². The molecule has 1 fully saturated rings. The van der Waals surface area contributed by atoms with Crippen LogP contribution in [-0.4, -0.2) is 17.3 Å². The van der Waals surface area contributed by atoms with Crippen LogP contribution < -0.4 is 0 Å². The lowest BCUT2D eigenvalue weighted by Gasteiger charge is -2.11. The highest BCUT2D eigenvalue weighted by molar-refractivity contribution is 7.98. The number of benzene rings is 1. The van der Waals surface area contributed by atoms with Crippen molar-refractivity contribution in [1.29, 1.82) is 0 Å². The largest absolute Gasteiger partial charge is 0.481 e. The van der Waals surface area contributed by atoms with Crippen LogP contribution in [0.1, 0.15) is 18.4 Å². The second-order valence-electron chi connectivity index (χ2n) is 3.77. The van der Waals surface area contributed by atoms with Gasteiger partial charge in [0.1, 0.15) is 0 Å². The summed E-state index contributed by atoms with van der Waals surface area (Å²) >= 11 is 7.54. The number of hydrogen-bond acceptors (Lipinski definition) is 2. The minimum atomic E-state index is -0.739. The smallest absolute Gasteiger partial charge is 0.314 e. The number of hydrogen-bond donors (Lipinski definition) is 1. The van der Waals surface area contributed by atoms with Crippen LogP contribution in [0.25, 0.3) is 0 Å². The molecule has 2 nitrogen and oxygen atoms in total. The van der Waals surface area contributed by atoms with Crippen molar-refractivity contribution in [3.05, 3.63) is 28.8 Å². The van der Waals surface area contributed by atoms with Crippen LogP contribution in [0.2, 0.25) is 5.02 Å². The van der Waals surface area contributed by atoms with Crippen LogP contribution in [-0.2, 0) is 10.2 Å². The SMILES string of the molecule is CSc1cc(Cl)cc(C2(C(=O)O)CC2)c1. The molecule has 4 heteroatoms. The first-order valence-electron chi connectivity index (χ1n) is 4.67. The van der Waals surface area contributed by atoms with Crippen molar-refractivity contribution in [2.24, 2.45) is 0 Å². The summed E-state index contributed by atoms with van der Waals surface area (Å²) in [5.74, 6) is -0.739. The number of carboxylic acids is 1. The molecule has 1 aliphatic carbocycles. The minimum absolute atomic E-state index is 0.615. The van der Waals surface area contributed by atoms with Gasteiger partial charge in [-0.1, -0.05) is 11.6 Å². The van der Waals surface area contributed by atoms with Crippen molar-refractivity contribution in [2.45, 2.75) is 23.2 Å². The van der Waals surface area contributed by atoms with Gasteiger partial charge in [0.25, 0.3) is 0 Å². The Hall–Kier alpha value is -0.670. The Kier molecular flexibility index (Phi) is 2.69. The van der Waals surface area contributed by atoms with Gasteiger partial charge < -0.3 is 5.11 Å². The van der Waals surface area contributed by atoms with E-state index in [2.05, 4.69) is 0 Å². The highest BCUT2D eigenvalue weighted by atomic mass is 35.5. The van der Waals surface area contributed by atoms with Crippen LogP contribution in [0.15, 0.2) is 23.1 Å². The molecule has 15 heavy (non-hydrogen) atoms. The van der Waals surface area contributed by atoms with Gasteiger partial charge >= 0.3 is 5.97 Å². The number of rotatable bonds is 3. The zero-order chi connectivity index (χ0) is 11.1. The second-order valence-corrected chi connectivity index (χ2v) is 5.08. The first-order valence-corrected chi connectivity index (χ1v) is 6.27. The summed E-state index contributed by atoms with van der Waals surface area (Å²) in [5, 5.41) is 9.78. The van der Waals surface area contributed by atoms with E-state index in [1.807, 2.05) is 18.4 Å². The van der Waals surface area contributed by atoms with Crippen LogP contribution in [0.3, 0.4) is 0 Å². The summed E-state index contributed by atoms with van der Waals surface area (Å²) in [6, 6.07) is 5.55. The molecule has 0 aromatic heterocycles. The highest BCUT2D eigenvalue weighted by Crippen LogP contribution is 2.49. The Morgan fingerprint density at radius 2 is 2.13 bits per heavy atom. The number of carboxylic acid groups (broad SMARTS) is 1. The monoisotopic (exact) mass is 242 g/mol. The molecular formula is C11H11ClO2S. The summed E-state index contributed by atoms with van der Waals surface area (Å²) in [5.41, 5.74) is 0.182. The van der Waals surface area contributed by atoms with Gasteiger partial charge in [0.2, 0.25) is 0 Å². The van der Waals surface area contributed by atoms with E-state index in [4.69, 9.17) is 16.7 Å². The Morgan fingerprint density at radius 1 is 1.47 bits per heavy atom. The predicted molar refractivity (Wildman–Crippen MR) is 61.8 cm³/mol. The molecule has 0 amide bonds. The van der Waals surface area contributed by atoms with E-state index in [0.29, 0.717) is 5.02 Å². The molecule has 1 N–H and O–H groups in total. The Bertz CT molecular complexity index is 413.